The van der Waals surface area contributed by atoms with Crippen LogP contribution in [0.15, 0.2) is 146 Å². The highest BCUT2D eigenvalue weighted by Crippen LogP contribution is 2.38. The lowest BCUT2D eigenvalue weighted by Gasteiger charge is -2.11. The van der Waals surface area contributed by atoms with Gasteiger partial charge >= 0.3 is 0 Å². The average Bonchev–Trinajstić information content (AvgIpc) is 3.59. The van der Waals surface area contributed by atoms with Gasteiger partial charge in [-0.05, 0) is 41.0 Å². The van der Waals surface area contributed by atoms with Crippen LogP contribution in [0, 0.1) is 0 Å². The molecule has 40 heavy (non-hydrogen) atoms. The maximum absolute atomic E-state index is 4.93. The van der Waals surface area contributed by atoms with E-state index in [0.717, 1.165) is 44.7 Å². The molecule has 0 aliphatic carbocycles. The van der Waals surface area contributed by atoms with E-state index in [4.69, 9.17) is 9.97 Å². The summed E-state index contributed by atoms with van der Waals surface area (Å²) in [6, 6.07) is 46.7. The van der Waals surface area contributed by atoms with Gasteiger partial charge in [0.2, 0.25) is 0 Å². The van der Waals surface area contributed by atoms with Crippen LogP contribution in [0.2, 0.25) is 0 Å². The van der Waals surface area contributed by atoms with Gasteiger partial charge < -0.3 is 4.57 Å². The third-order valence-corrected chi connectivity index (χ3v) is 7.69. The highest BCUT2D eigenvalue weighted by atomic mass is 15.1. The van der Waals surface area contributed by atoms with Crippen LogP contribution in [-0.2, 0) is 0 Å². The molecule has 188 valence electrons. The highest BCUT2D eigenvalue weighted by Gasteiger charge is 2.21. The molecule has 0 unspecified atom stereocenters. The Morgan fingerprint density at radius 1 is 0.475 bits per heavy atom. The predicted molar refractivity (Wildman–Crippen MR) is 164 cm³/mol. The summed E-state index contributed by atoms with van der Waals surface area (Å²) in [6.45, 7) is 0. The van der Waals surface area contributed by atoms with Crippen LogP contribution in [0.25, 0.3) is 66.6 Å². The van der Waals surface area contributed by atoms with Crippen molar-refractivity contribution < 1.29 is 0 Å². The van der Waals surface area contributed by atoms with Gasteiger partial charge in [-0.2, -0.15) is 0 Å². The van der Waals surface area contributed by atoms with Crippen LogP contribution >= 0.6 is 0 Å². The standard InChI is InChI=1S/C36H24N4/c1-3-11-25(12-4-1)26-19-21-27(22-20-26)31-23-39(28-13-5-2-6-14-28)35-34(31)37-24-38-36(35)40-32-17-9-7-15-29(32)30-16-8-10-18-33(30)40/h1-24H. The lowest BCUT2D eigenvalue weighted by Crippen LogP contribution is -2.03. The quantitative estimate of drug-likeness (QED) is 0.236. The predicted octanol–water partition coefficient (Wildman–Crippen LogP) is 8.85. The van der Waals surface area contributed by atoms with Crippen LogP contribution in [0.1, 0.15) is 0 Å². The maximum atomic E-state index is 4.93. The number of aromatic nitrogens is 4. The molecule has 0 saturated heterocycles. The molecule has 4 nitrogen and oxygen atoms in total. The smallest absolute Gasteiger partial charge is 0.166 e. The summed E-state index contributed by atoms with van der Waals surface area (Å²) in [5, 5.41) is 2.42. The molecule has 0 bridgehead atoms. The first-order chi connectivity index (χ1) is 19.9. The van der Waals surface area contributed by atoms with Gasteiger partial charge in [-0.3, -0.25) is 4.57 Å². The summed E-state index contributed by atoms with van der Waals surface area (Å²) in [6.07, 6.45) is 3.89. The van der Waals surface area contributed by atoms with Gasteiger partial charge in [0.1, 0.15) is 17.4 Å². The van der Waals surface area contributed by atoms with Crippen molar-refractivity contribution >= 4 is 32.8 Å². The van der Waals surface area contributed by atoms with Gasteiger partial charge in [-0.1, -0.05) is 109 Å². The van der Waals surface area contributed by atoms with Crippen molar-refractivity contribution in [3.63, 3.8) is 0 Å². The lowest BCUT2D eigenvalue weighted by atomic mass is 10.0. The molecular formula is C36H24N4. The monoisotopic (exact) mass is 512 g/mol. The summed E-state index contributed by atoms with van der Waals surface area (Å²) in [4.78, 5) is 9.80. The number of hydrogen-bond acceptors (Lipinski definition) is 2. The van der Waals surface area contributed by atoms with Crippen LogP contribution in [0.5, 0.6) is 0 Å². The Kier molecular flexibility index (Phi) is 5.10. The first-order valence-corrected chi connectivity index (χ1v) is 13.4. The Hall–Kier alpha value is -5.48. The third-order valence-electron chi connectivity index (χ3n) is 7.69. The van der Waals surface area contributed by atoms with Gasteiger partial charge in [0, 0.05) is 28.2 Å². The molecule has 3 aromatic heterocycles. The molecular weight excluding hydrogens is 488 g/mol. The average molecular weight is 513 g/mol. The summed E-state index contributed by atoms with van der Waals surface area (Å²) in [7, 11) is 0. The molecule has 5 aromatic carbocycles. The number of para-hydroxylation sites is 3. The van der Waals surface area contributed by atoms with Crippen LogP contribution in [-0.4, -0.2) is 19.1 Å². The van der Waals surface area contributed by atoms with Gasteiger partial charge in [-0.15, -0.1) is 0 Å². The minimum atomic E-state index is 0.860. The van der Waals surface area contributed by atoms with Crippen molar-refractivity contribution in [3.8, 4) is 33.8 Å². The third kappa shape index (κ3) is 3.47. The molecule has 0 aliphatic heterocycles. The van der Waals surface area contributed by atoms with Gasteiger partial charge in [0.05, 0.1) is 11.0 Å². The fraction of sp³-hybridized carbons (Fsp3) is 0. The van der Waals surface area contributed by atoms with E-state index in [2.05, 4.69) is 137 Å². The SMILES string of the molecule is c1ccc(-c2ccc(-c3cn(-c4ccccc4)c4c(-n5c6ccccc6c6ccccc65)ncnc34)cc2)cc1. The molecule has 0 N–H and O–H groups in total. The van der Waals surface area contributed by atoms with Crippen molar-refractivity contribution in [2.45, 2.75) is 0 Å². The Balaban J connectivity index is 1.42. The molecule has 4 heteroatoms. The zero-order valence-corrected chi connectivity index (χ0v) is 21.6. The zero-order valence-electron chi connectivity index (χ0n) is 21.6. The molecule has 8 rings (SSSR count). The van der Waals surface area contributed by atoms with E-state index in [-0.39, 0.29) is 0 Å². The van der Waals surface area contributed by atoms with E-state index < -0.39 is 0 Å². The van der Waals surface area contributed by atoms with E-state index in [1.54, 1.807) is 6.33 Å². The molecule has 8 aromatic rings. The normalized spacial score (nSPS) is 11.5. The topological polar surface area (TPSA) is 35.6 Å². The molecule has 0 atom stereocenters. The minimum Gasteiger partial charge on any atom is -0.311 e. The maximum Gasteiger partial charge on any atom is 0.166 e. The lowest BCUT2D eigenvalue weighted by molar-refractivity contribution is 1.03. The second-order valence-corrected chi connectivity index (χ2v) is 9.96. The van der Waals surface area contributed by atoms with Crippen molar-refractivity contribution in [3.05, 3.63) is 146 Å². The Labute approximate surface area is 231 Å². The first kappa shape index (κ1) is 22.5. The van der Waals surface area contributed by atoms with E-state index in [9.17, 15) is 0 Å². The molecule has 0 aliphatic rings. The Morgan fingerprint density at radius 2 is 1.02 bits per heavy atom. The van der Waals surface area contributed by atoms with Crippen molar-refractivity contribution in [1.82, 2.24) is 19.1 Å². The van der Waals surface area contributed by atoms with Gasteiger partial charge in [0.15, 0.2) is 5.82 Å². The molecule has 0 amide bonds. The zero-order chi connectivity index (χ0) is 26.5. The van der Waals surface area contributed by atoms with Gasteiger partial charge in [0.25, 0.3) is 0 Å². The number of fused-ring (bicyclic) bond motifs is 4. The van der Waals surface area contributed by atoms with E-state index in [1.807, 2.05) is 12.1 Å². The summed E-state index contributed by atoms with van der Waals surface area (Å²) >= 11 is 0. The second-order valence-electron chi connectivity index (χ2n) is 9.96. The number of nitrogens with zero attached hydrogens (tertiary/aromatic N) is 4. The highest BCUT2D eigenvalue weighted by molar-refractivity contribution is 6.10. The number of benzene rings is 5. The Morgan fingerprint density at radius 3 is 1.70 bits per heavy atom. The number of rotatable bonds is 4. The van der Waals surface area contributed by atoms with Crippen molar-refractivity contribution in [2.24, 2.45) is 0 Å². The van der Waals surface area contributed by atoms with Crippen LogP contribution in [0.3, 0.4) is 0 Å². The fourth-order valence-electron chi connectivity index (χ4n) is 5.83. The summed E-state index contributed by atoms with van der Waals surface area (Å²) in [5.74, 6) is 0.860. The largest absolute Gasteiger partial charge is 0.311 e. The Bertz CT molecular complexity index is 2080. The summed E-state index contributed by atoms with van der Waals surface area (Å²) in [5.41, 5.74) is 9.79. The van der Waals surface area contributed by atoms with Crippen LogP contribution < -0.4 is 0 Å². The molecule has 0 saturated carbocycles. The minimum absolute atomic E-state index is 0.860. The van der Waals surface area contributed by atoms with Crippen molar-refractivity contribution in [2.75, 3.05) is 0 Å². The molecule has 0 spiro atoms. The second kappa shape index (κ2) is 9.07. The molecule has 0 radical (unpaired) electrons. The summed E-state index contributed by atoms with van der Waals surface area (Å²) < 4.78 is 4.51. The van der Waals surface area contributed by atoms with Crippen molar-refractivity contribution in [1.29, 1.82) is 0 Å². The number of hydrogen-bond donors (Lipinski definition) is 0. The van der Waals surface area contributed by atoms with E-state index >= 15 is 0 Å². The van der Waals surface area contributed by atoms with Crippen LogP contribution in [0.4, 0.5) is 0 Å². The molecule has 3 heterocycles. The van der Waals surface area contributed by atoms with Gasteiger partial charge in [-0.25, -0.2) is 9.97 Å². The fourth-order valence-corrected chi connectivity index (χ4v) is 5.83. The molecule has 0 fully saturated rings. The first-order valence-electron chi connectivity index (χ1n) is 13.4. The van der Waals surface area contributed by atoms with E-state index in [1.165, 1.54) is 21.9 Å². The van der Waals surface area contributed by atoms with E-state index in [0.29, 0.717) is 0 Å².